The fourth-order valence-electron chi connectivity index (χ4n) is 2.25. The van der Waals surface area contributed by atoms with Crippen molar-refractivity contribution in [2.75, 3.05) is 0 Å². The molecule has 0 aromatic heterocycles. The maximum atomic E-state index is 12.1. The van der Waals surface area contributed by atoms with Gasteiger partial charge >= 0.3 is 0 Å². The van der Waals surface area contributed by atoms with E-state index in [1.165, 1.54) is 5.56 Å². The molecule has 0 bridgehead atoms. The van der Waals surface area contributed by atoms with Crippen molar-refractivity contribution in [1.82, 2.24) is 5.32 Å². The molecule has 2 nitrogen and oxygen atoms in total. The van der Waals surface area contributed by atoms with E-state index in [1.54, 1.807) is 0 Å². The zero-order valence-corrected chi connectivity index (χ0v) is 14.0. The maximum absolute atomic E-state index is 12.1. The molecule has 0 aliphatic heterocycles. The first-order valence-electron chi connectivity index (χ1n) is 7.21. The first-order chi connectivity index (χ1) is 10.1. The largest absolute Gasteiger partial charge is 0.349 e. The number of hydrogen-bond donors (Lipinski definition) is 1. The second-order valence-corrected chi connectivity index (χ2v) is 6.11. The smallest absolute Gasteiger partial charge is 0.224 e. The van der Waals surface area contributed by atoms with Crippen LogP contribution in [0.25, 0.3) is 0 Å². The van der Waals surface area contributed by atoms with Gasteiger partial charge in [0.2, 0.25) is 5.91 Å². The normalized spacial score (nSPS) is 12.0. The molecule has 2 rings (SSSR count). The van der Waals surface area contributed by atoms with E-state index in [2.05, 4.69) is 52.4 Å². The zero-order valence-electron chi connectivity index (χ0n) is 12.4. The lowest BCUT2D eigenvalue weighted by atomic mass is 10.0. The Bertz CT molecular complexity index is 607. The molecule has 3 heteroatoms. The number of aryl methyl sites for hydroxylation is 1. The molecule has 0 aliphatic carbocycles. The molecule has 2 aromatic rings. The van der Waals surface area contributed by atoms with Crippen LogP contribution in [-0.4, -0.2) is 5.91 Å². The number of carbonyl (C=O) groups is 1. The van der Waals surface area contributed by atoms with E-state index in [1.807, 2.05) is 31.2 Å². The number of nitrogens with one attached hydrogen (secondary N) is 1. The maximum Gasteiger partial charge on any atom is 0.224 e. The second-order valence-electron chi connectivity index (χ2n) is 5.19. The van der Waals surface area contributed by atoms with Crippen molar-refractivity contribution in [3.63, 3.8) is 0 Å². The van der Waals surface area contributed by atoms with Gasteiger partial charge in [-0.3, -0.25) is 4.79 Å². The van der Waals surface area contributed by atoms with Crippen LogP contribution in [0.5, 0.6) is 0 Å². The highest BCUT2D eigenvalue weighted by atomic mass is 79.9. The number of hydrogen-bond acceptors (Lipinski definition) is 1. The molecule has 110 valence electrons. The molecule has 0 saturated heterocycles. The Kier molecular flexibility index (Phi) is 5.57. The van der Waals surface area contributed by atoms with Crippen LogP contribution < -0.4 is 5.32 Å². The van der Waals surface area contributed by atoms with Crippen LogP contribution in [0.15, 0.2) is 53.0 Å². The summed E-state index contributed by atoms with van der Waals surface area (Å²) < 4.78 is 0.996. The van der Waals surface area contributed by atoms with Gasteiger partial charge in [-0.2, -0.15) is 0 Å². The predicted octanol–water partition coefficient (Wildman–Crippen LogP) is 4.43. The molecule has 0 radical (unpaired) electrons. The van der Waals surface area contributed by atoms with Crippen molar-refractivity contribution in [3.05, 3.63) is 69.7 Å². The Morgan fingerprint density at radius 2 is 1.86 bits per heavy atom. The van der Waals surface area contributed by atoms with Crippen LogP contribution in [-0.2, 0) is 17.6 Å². The molecular formula is C18H20BrNO. The number of rotatable bonds is 5. The Balaban J connectivity index is 1.95. The summed E-state index contributed by atoms with van der Waals surface area (Å²) in [4.78, 5) is 12.1. The minimum Gasteiger partial charge on any atom is -0.349 e. The fourth-order valence-corrected chi connectivity index (χ4v) is 2.70. The summed E-state index contributed by atoms with van der Waals surface area (Å²) in [7, 11) is 0. The van der Waals surface area contributed by atoms with Crippen LogP contribution in [0.4, 0.5) is 0 Å². The van der Waals surface area contributed by atoms with Gasteiger partial charge in [0.1, 0.15) is 0 Å². The first-order valence-corrected chi connectivity index (χ1v) is 8.00. The van der Waals surface area contributed by atoms with E-state index in [0.717, 1.165) is 22.0 Å². The molecule has 21 heavy (non-hydrogen) atoms. The quantitative estimate of drug-likeness (QED) is 0.853. The number of halogens is 1. The van der Waals surface area contributed by atoms with Gasteiger partial charge in [0, 0.05) is 4.47 Å². The summed E-state index contributed by atoms with van der Waals surface area (Å²) in [6, 6.07) is 16.3. The molecule has 0 spiro atoms. The minimum atomic E-state index is 0.0237. The van der Waals surface area contributed by atoms with Gasteiger partial charge < -0.3 is 5.32 Å². The van der Waals surface area contributed by atoms with Gasteiger partial charge in [-0.05, 0) is 42.2 Å². The SMILES string of the molecule is CCc1ccc([C@H](C)NC(=O)Cc2cccc(Br)c2)cc1. The summed E-state index contributed by atoms with van der Waals surface area (Å²) >= 11 is 3.42. The van der Waals surface area contributed by atoms with Gasteiger partial charge in [-0.15, -0.1) is 0 Å². The number of benzene rings is 2. The van der Waals surface area contributed by atoms with Crippen molar-refractivity contribution in [2.45, 2.75) is 32.7 Å². The first kappa shape index (κ1) is 15.8. The van der Waals surface area contributed by atoms with Crippen LogP contribution in [0, 0.1) is 0 Å². The highest BCUT2D eigenvalue weighted by Crippen LogP contribution is 2.15. The third kappa shape index (κ3) is 4.71. The van der Waals surface area contributed by atoms with E-state index in [0.29, 0.717) is 6.42 Å². The van der Waals surface area contributed by atoms with Crippen molar-refractivity contribution < 1.29 is 4.79 Å². The average molecular weight is 346 g/mol. The monoisotopic (exact) mass is 345 g/mol. The van der Waals surface area contributed by atoms with Gasteiger partial charge in [-0.25, -0.2) is 0 Å². The van der Waals surface area contributed by atoms with E-state index >= 15 is 0 Å². The van der Waals surface area contributed by atoms with Crippen LogP contribution >= 0.6 is 15.9 Å². The molecule has 0 unspecified atom stereocenters. The van der Waals surface area contributed by atoms with Gasteiger partial charge in [0.25, 0.3) is 0 Å². The summed E-state index contributed by atoms with van der Waals surface area (Å²) in [6.45, 7) is 4.15. The molecule has 2 aromatic carbocycles. The van der Waals surface area contributed by atoms with Crippen molar-refractivity contribution in [3.8, 4) is 0 Å². The Labute approximate surface area is 134 Å². The van der Waals surface area contributed by atoms with Crippen molar-refractivity contribution in [2.24, 2.45) is 0 Å². The topological polar surface area (TPSA) is 29.1 Å². The summed E-state index contributed by atoms with van der Waals surface area (Å²) in [5, 5.41) is 3.05. The number of carbonyl (C=O) groups excluding carboxylic acids is 1. The summed E-state index contributed by atoms with van der Waals surface area (Å²) in [5.74, 6) is 0.0418. The van der Waals surface area contributed by atoms with E-state index in [4.69, 9.17) is 0 Å². The molecule has 1 atom stereocenters. The number of amides is 1. The molecule has 1 amide bonds. The van der Waals surface area contributed by atoms with Crippen LogP contribution in [0.2, 0.25) is 0 Å². The molecule has 0 fully saturated rings. The zero-order chi connectivity index (χ0) is 15.2. The summed E-state index contributed by atoms with van der Waals surface area (Å²) in [6.07, 6.45) is 1.43. The van der Waals surface area contributed by atoms with Crippen LogP contribution in [0.1, 0.15) is 36.6 Å². The second kappa shape index (κ2) is 7.41. The summed E-state index contributed by atoms with van der Waals surface area (Å²) in [5.41, 5.74) is 3.46. The molecule has 0 aliphatic rings. The van der Waals surface area contributed by atoms with Crippen molar-refractivity contribution in [1.29, 1.82) is 0 Å². The highest BCUT2D eigenvalue weighted by molar-refractivity contribution is 9.10. The Hall–Kier alpha value is -1.61. The van der Waals surface area contributed by atoms with E-state index in [-0.39, 0.29) is 11.9 Å². The van der Waals surface area contributed by atoms with Gasteiger partial charge in [-0.1, -0.05) is 59.3 Å². The molecule has 0 heterocycles. The predicted molar refractivity (Wildman–Crippen MR) is 90.2 cm³/mol. The van der Waals surface area contributed by atoms with Gasteiger partial charge in [0.05, 0.1) is 12.5 Å². The molecular weight excluding hydrogens is 326 g/mol. The third-order valence-electron chi connectivity index (χ3n) is 3.52. The third-order valence-corrected chi connectivity index (χ3v) is 4.01. The Morgan fingerprint density at radius 1 is 1.14 bits per heavy atom. The molecule has 1 N–H and O–H groups in total. The van der Waals surface area contributed by atoms with E-state index < -0.39 is 0 Å². The lowest BCUT2D eigenvalue weighted by molar-refractivity contribution is -0.121. The van der Waals surface area contributed by atoms with Crippen molar-refractivity contribution >= 4 is 21.8 Å². The average Bonchev–Trinajstić information content (AvgIpc) is 2.47. The molecule has 0 saturated carbocycles. The highest BCUT2D eigenvalue weighted by Gasteiger charge is 2.10. The standard InChI is InChI=1S/C18H20BrNO/c1-3-14-7-9-16(10-8-14)13(2)20-18(21)12-15-5-4-6-17(19)11-15/h4-11,13H,3,12H2,1-2H3,(H,20,21)/t13-/m0/s1. The van der Waals surface area contributed by atoms with Crippen LogP contribution in [0.3, 0.4) is 0 Å². The lowest BCUT2D eigenvalue weighted by Crippen LogP contribution is -2.28. The fraction of sp³-hybridized carbons (Fsp3) is 0.278. The Morgan fingerprint density at radius 3 is 2.48 bits per heavy atom. The lowest BCUT2D eigenvalue weighted by Gasteiger charge is -2.15. The minimum absolute atomic E-state index is 0.0237. The van der Waals surface area contributed by atoms with E-state index in [9.17, 15) is 4.79 Å². The van der Waals surface area contributed by atoms with Gasteiger partial charge in [0.15, 0.2) is 0 Å².